The lowest BCUT2D eigenvalue weighted by molar-refractivity contribution is 0.217. The standard InChI is InChI=1S/C80H86N12O8/c1-9-89(10-2)53-21-17-25-57(45-53)93-37-41-97-61-29-33-65-69(49-61)77-83-73(65)81-74-67-35-31-63(99-43-39-95-59-27-19-23-55(47-59)91(13-5)14-6)51-71(67)79(85-74)88-80-72-52-64(100-44-40-96-60-28-20-24-56(48-60)92(15-7)16-8)32-36-68(72)76(86-80)82-75-66-34-30-62(50-70(66)78(84-75)87-77)98-42-38-94-58-26-18-22-54(46-58)90(11-3)12-4/h17-36,45-52H,9-16,37-44H2,1-8H3,(H2,81,82,83,84,85,86,87,88). The maximum atomic E-state index is 6.45. The minimum atomic E-state index is 0.286. The quantitative estimate of drug-likeness (QED) is 0.0377. The summed E-state index contributed by atoms with van der Waals surface area (Å²) in [5, 5.41) is 3.03. The summed E-state index contributed by atoms with van der Waals surface area (Å²) in [7, 11) is 0. The molecule has 8 aromatic carbocycles. The van der Waals surface area contributed by atoms with Crippen LogP contribution in [0.4, 0.5) is 22.7 Å². The van der Waals surface area contributed by atoms with Gasteiger partial charge in [0.2, 0.25) is 0 Å². The molecular formula is C80H86N12O8. The molecule has 0 saturated heterocycles. The van der Waals surface area contributed by atoms with E-state index < -0.39 is 0 Å². The SMILES string of the molecule is CCN(CC)c1cccc(OCCOc2ccc3c(c2)-c2nc-3nc3[nH]c(nc4nc(nc5[nH]c(n2)c2cc(OCCOc6cccc(N(CC)CC)c6)ccc52)-c2ccc(OCCOc5cccc(N(CC)CC)c5)cc2-4)c2cc(OCCOc4cccc(N(CC)CC)c4)ccc32)c1. The van der Waals surface area contributed by atoms with Crippen molar-refractivity contribution < 1.29 is 37.9 Å². The molecule has 0 atom stereocenters. The van der Waals surface area contributed by atoms with Crippen molar-refractivity contribution in [3.63, 3.8) is 0 Å². The fourth-order valence-corrected chi connectivity index (χ4v) is 12.8. The van der Waals surface area contributed by atoms with E-state index in [-0.39, 0.29) is 26.4 Å². The lowest BCUT2D eigenvalue weighted by Gasteiger charge is -2.21. The van der Waals surface area contributed by atoms with Gasteiger partial charge in [-0.3, -0.25) is 0 Å². The maximum Gasteiger partial charge on any atom is 0.164 e. The van der Waals surface area contributed by atoms with Crippen molar-refractivity contribution in [2.24, 2.45) is 0 Å². The molecule has 20 heteroatoms. The molecule has 0 aliphatic carbocycles. The number of nitrogens with one attached hydrogen (secondary N) is 2. The highest BCUT2D eigenvalue weighted by molar-refractivity contribution is 6.07. The third-order valence-corrected chi connectivity index (χ3v) is 18.0. The van der Waals surface area contributed by atoms with Crippen LogP contribution in [0, 0.1) is 0 Å². The number of fused-ring (bicyclic) bond motifs is 20. The van der Waals surface area contributed by atoms with Gasteiger partial charge >= 0.3 is 0 Å². The average molecular weight is 1340 g/mol. The average Bonchev–Trinajstić information content (AvgIpc) is 1.59. The summed E-state index contributed by atoms with van der Waals surface area (Å²) < 4.78 is 50.8. The summed E-state index contributed by atoms with van der Waals surface area (Å²) in [6.45, 7) is 26.8. The highest BCUT2D eigenvalue weighted by atomic mass is 16.5. The van der Waals surface area contributed by atoms with Gasteiger partial charge in [-0.15, -0.1) is 0 Å². The van der Waals surface area contributed by atoms with E-state index in [1.165, 1.54) is 0 Å². The first-order chi connectivity index (χ1) is 49.1. The van der Waals surface area contributed by atoms with Crippen molar-refractivity contribution in [2.75, 3.05) is 125 Å². The van der Waals surface area contributed by atoms with Crippen molar-refractivity contribution in [2.45, 2.75) is 55.4 Å². The fourth-order valence-electron chi connectivity index (χ4n) is 12.8. The molecule has 0 radical (unpaired) electrons. The van der Waals surface area contributed by atoms with E-state index in [0.717, 1.165) is 131 Å². The minimum Gasteiger partial charge on any atom is -0.490 e. The van der Waals surface area contributed by atoms with Crippen LogP contribution in [0.25, 0.3) is 89.7 Å². The Hall–Kier alpha value is -11.3. The molecule has 2 aliphatic rings. The smallest absolute Gasteiger partial charge is 0.164 e. The van der Waals surface area contributed by atoms with Gasteiger partial charge in [-0.25, -0.2) is 29.9 Å². The van der Waals surface area contributed by atoms with Crippen LogP contribution < -0.4 is 57.5 Å². The Morgan fingerprint density at radius 3 is 0.760 bits per heavy atom. The normalized spacial score (nSPS) is 11.4. The summed E-state index contributed by atoms with van der Waals surface area (Å²) in [5.74, 6) is 7.21. The zero-order chi connectivity index (χ0) is 68.9. The second-order valence-electron chi connectivity index (χ2n) is 23.9. The van der Waals surface area contributed by atoms with E-state index in [9.17, 15) is 0 Å². The van der Waals surface area contributed by atoms with Crippen LogP contribution in [0.3, 0.4) is 0 Å². The summed E-state index contributed by atoms with van der Waals surface area (Å²) in [6.07, 6.45) is 0. The number of aromatic nitrogens is 8. The summed E-state index contributed by atoms with van der Waals surface area (Å²) in [5.41, 5.74) is 9.37. The zero-order valence-electron chi connectivity index (χ0n) is 58.2. The molecule has 0 fully saturated rings. The van der Waals surface area contributed by atoms with Gasteiger partial charge in [0.1, 0.15) is 121 Å². The van der Waals surface area contributed by atoms with Crippen LogP contribution in [0.1, 0.15) is 55.4 Å². The molecule has 514 valence electrons. The number of anilines is 4. The molecule has 2 N–H and O–H groups in total. The molecule has 0 saturated carbocycles. The van der Waals surface area contributed by atoms with Gasteiger partial charge in [0.05, 0.1) is 0 Å². The molecule has 13 rings (SSSR count). The van der Waals surface area contributed by atoms with E-state index >= 15 is 0 Å². The fraction of sp³-hybridized carbons (Fsp3) is 0.300. The van der Waals surface area contributed by atoms with Gasteiger partial charge in [0.25, 0.3) is 0 Å². The molecule has 100 heavy (non-hydrogen) atoms. The number of benzene rings is 8. The van der Waals surface area contributed by atoms with E-state index in [1.54, 1.807) is 0 Å². The number of hydrogen-bond donors (Lipinski definition) is 2. The van der Waals surface area contributed by atoms with Crippen LogP contribution in [-0.4, -0.2) is 145 Å². The molecule has 11 aromatic rings. The summed E-state index contributed by atoms with van der Waals surface area (Å²) in [6, 6.07) is 56.1. The van der Waals surface area contributed by atoms with Crippen LogP contribution in [0.5, 0.6) is 46.0 Å². The molecular weight excluding hydrogens is 1260 g/mol. The number of rotatable bonds is 32. The van der Waals surface area contributed by atoms with Crippen molar-refractivity contribution in [1.82, 2.24) is 39.9 Å². The van der Waals surface area contributed by atoms with E-state index in [2.05, 4.69) is 133 Å². The van der Waals surface area contributed by atoms with Crippen LogP contribution in [0.2, 0.25) is 0 Å². The van der Waals surface area contributed by atoms with Gasteiger partial charge < -0.3 is 67.5 Å². The van der Waals surface area contributed by atoms with Gasteiger partial charge in [-0.1, -0.05) is 24.3 Å². The lowest BCUT2D eigenvalue weighted by Crippen LogP contribution is -2.21. The monoisotopic (exact) mass is 1340 g/mol. The van der Waals surface area contributed by atoms with E-state index in [4.69, 9.17) is 67.8 Å². The van der Waals surface area contributed by atoms with Crippen molar-refractivity contribution in [3.8, 4) is 91.5 Å². The zero-order valence-corrected chi connectivity index (χ0v) is 58.2. The van der Waals surface area contributed by atoms with Crippen molar-refractivity contribution in [1.29, 1.82) is 0 Å². The predicted octanol–water partition coefficient (Wildman–Crippen LogP) is 16.1. The Balaban J connectivity index is 0.885. The van der Waals surface area contributed by atoms with Crippen molar-refractivity contribution in [3.05, 3.63) is 170 Å². The topological polar surface area (TPSA) is 196 Å². The Bertz CT molecular complexity index is 4530. The summed E-state index contributed by atoms with van der Waals surface area (Å²) in [4.78, 5) is 48.4. The maximum absolute atomic E-state index is 6.45. The lowest BCUT2D eigenvalue weighted by atomic mass is 10.1. The first-order valence-electron chi connectivity index (χ1n) is 34.9. The molecule has 8 bridgehead atoms. The predicted molar refractivity (Wildman–Crippen MR) is 400 cm³/mol. The van der Waals surface area contributed by atoms with E-state index in [0.29, 0.717) is 106 Å². The molecule has 0 unspecified atom stereocenters. The van der Waals surface area contributed by atoms with Gasteiger partial charge in [-0.05, 0) is 177 Å². The molecule has 20 nitrogen and oxygen atoms in total. The third kappa shape index (κ3) is 15.2. The third-order valence-electron chi connectivity index (χ3n) is 18.0. The first-order valence-corrected chi connectivity index (χ1v) is 34.9. The number of H-pyrrole nitrogens is 2. The molecule has 2 aliphatic heterocycles. The van der Waals surface area contributed by atoms with Crippen LogP contribution in [-0.2, 0) is 0 Å². The molecule has 5 heterocycles. The minimum absolute atomic E-state index is 0.286. The van der Waals surface area contributed by atoms with Crippen LogP contribution in [0.15, 0.2) is 170 Å². The second-order valence-corrected chi connectivity index (χ2v) is 23.9. The first kappa shape index (κ1) is 67.3. The number of hydrogen-bond acceptors (Lipinski definition) is 18. The van der Waals surface area contributed by atoms with Gasteiger partial charge in [0.15, 0.2) is 23.3 Å². The molecule has 0 amide bonds. The van der Waals surface area contributed by atoms with Crippen LogP contribution >= 0.6 is 0 Å². The van der Waals surface area contributed by atoms with E-state index in [1.807, 2.05) is 121 Å². The molecule has 3 aromatic heterocycles. The highest BCUT2D eigenvalue weighted by Crippen LogP contribution is 2.41. The molecule has 0 spiro atoms. The Morgan fingerprint density at radius 1 is 0.240 bits per heavy atom. The van der Waals surface area contributed by atoms with Crippen molar-refractivity contribution >= 4 is 66.9 Å². The number of nitrogens with zero attached hydrogens (tertiary/aromatic N) is 10. The Kier molecular flexibility index (Phi) is 21.2. The number of ether oxygens (including phenoxy) is 8. The second kappa shape index (κ2) is 31.5. The Labute approximate surface area is 583 Å². The van der Waals surface area contributed by atoms with Gasteiger partial charge in [0, 0.05) is 143 Å². The number of aromatic amines is 2. The highest BCUT2D eigenvalue weighted by Gasteiger charge is 2.25. The summed E-state index contributed by atoms with van der Waals surface area (Å²) >= 11 is 0. The van der Waals surface area contributed by atoms with Gasteiger partial charge in [-0.2, -0.15) is 0 Å². The largest absolute Gasteiger partial charge is 0.490 e. The Morgan fingerprint density at radius 2 is 0.480 bits per heavy atom.